The Morgan fingerprint density at radius 1 is 1.26 bits per heavy atom. The fourth-order valence-electron chi connectivity index (χ4n) is 5.21. The van der Waals surface area contributed by atoms with Crippen molar-refractivity contribution < 1.29 is 38.0 Å². The summed E-state index contributed by atoms with van der Waals surface area (Å²) in [5.41, 5.74) is 0.781. The summed E-state index contributed by atoms with van der Waals surface area (Å²) in [6, 6.07) is 0.396. The van der Waals surface area contributed by atoms with Gasteiger partial charge in [0.2, 0.25) is 5.91 Å². The van der Waals surface area contributed by atoms with Crippen molar-refractivity contribution in [2.45, 2.75) is 52.5 Å². The van der Waals surface area contributed by atoms with Crippen molar-refractivity contribution in [1.82, 2.24) is 5.32 Å². The van der Waals surface area contributed by atoms with E-state index in [0.717, 1.165) is 43.2 Å². The molecule has 3 aliphatic rings. The lowest BCUT2D eigenvalue weighted by molar-refractivity contribution is -0.916. The normalized spacial score (nSPS) is 37.2. The number of ether oxygens (including phenoxy) is 1. The first-order chi connectivity index (χ1) is 10.2. The Hall–Kier alpha value is 0.120. The summed E-state index contributed by atoms with van der Waals surface area (Å²) < 4.78 is 6.41. The molecule has 2 saturated carbocycles. The molecule has 2 bridgehead atoms. The van der Waals surface area contributed by atoms with Gasteiger partial charge >= 0.3 is 0 Å². The molecule has 134 valence electrons. The quantitative estimate of drug-likeness (QED) is 0.463. The van der Waals surface area contributed by atoms with E-state index >= 15 is 0 Å². The first-order valence-corrected chi connectivity index (χ1v) is 8.93. The Morgan fingerprint density at radius 2 is 1.91 bits per heavy atom. The van der Waals surface area contributed by atoms with Crippen LogP contribution in [0, 0.1) is 16.7 Å². The number of nitrogens with zero attached hydrogens (tertiary/aromatic N) is 1. The highest BCUT2D eigenvalue weighted by Gasteiger charge is 2.57. The zero-order valence-electron chi connectivity index (χ0n) is 15.2. The molecule has 23 heavy (non-hydrogen) atoms. The van der Waals surface area contributed by atoms with Gasteiger partial charge in [0.25, 0.3) is 0 Å². The van der Waals surface area contributed by atoms with Crippen LogP contribution in [0.1, 0.15) is 46.5 Å². The third-order valence-electron chi connectivity index (χ3n) is 6.80. The highest BCUT2D eigenvalue weighted by Crippen LogP contribution is 2.62. The number of halogens is 1. The van der Waals surface area contributed by atoms with E-state index in [1.807, 2.05) is 0 Å². The molecule has 1 amide bonds. The Labute approximate surface area is 158 Å². The summed E-state index contributed by atoms with van der Waals surface area (Å²) in [4.78, 5) is 12.4. The Kier molecular flexibility index (Phi) is 5.74. The molecule has 4 nitrogen and oxygen atoms in total. The van der Waals surface area contributed by atoms with Gasteiger partial charge in [-0.2, -0.15) is 0 Å². The monoisotopic (exact) mass is 436 g/mol. The van der Waals surface area contributed by atoms with Crippen LogP contribution in [-0.2, 0) is 9.53 Å². The number of carbonyl (C=O) groups excluding carboxylic acids is 1. The third kappa shape index (κ3) is 4.03. The number of fused-ring (bicyclic) bond motifs is 2. The van der Waals surface area contributed by atoms with Gasteiger partial charge in [-0.15, -0.1) is 0 Å². The molecule has 1 saturated heterocycles. The number of quaternary nitrogens is 1. The molecule has 0 aromatic heterocycles. The van der Waals surface area contributed by atoms with Crippen molar-refractivity contribution in [3.8, 4) is 0 Å². The number of likely N-dealkylation sites (N-methyl/N-ethyl adjacent to an activating group) is 1. The second kappa shape index (κ2) is 6.79. The SMILES string of the molecule is CC1(C)CC2(C)CC1CC2NC(=O)CC[N+]1(C)CCOCC1.[I-]. The lowest BCUT2D eigenvalue weighted by Gasteiger charge is -2.40. The van der Waals surface area contributed by atoms with Gasteiger partial charge in [-0.1, -0.05) is 20.8 Å². The molecular formula is C18H33IN2O2. The Bertz CT molecular complexity index is 448. The molecule has 3 rings (SSSR count). The average Bonchev–Trinajstić information content (AvgIpc) is 2.86. The van der Waals surface area contributed by atoms with Crippen LogP contribution in [0.2, 0.25) is 0 Å². The van der Waals surface area contributed by atoms with Crippen molar-refractivity contribution >= 4 is 5.91 Å². The molecular weight excluding hydrogens is 403 g/mol. The molecule has 1 aliphatic heterocycles. The zero-order chi connectivity index (χ0) is 16.0. The van der Waals surface area contributed by atoms with Crippen molar-refractivity contribution in [3.63, 3.8) is 0 Å². The first-order valence-electron chi connectivity index (χ1n) is 8.93. The maximum absolute atomic E-state index is 12.4. The molecule has 0 spiro atoms. The van der Waals surface area contributed by atoms with Crippen LogP contribution in [0.3, 0.4) is 0 Å². The largest absolute Gasteiger partial charge is 1.00 e. The molecule has 5 heteroatoms. The molecule has 0 radical (unpaired) electrons. The minimum atomic E-state index is 0. The minimum Gasteiger partial charge on any atom is -1.00 e. The molecule has 1 heterocycles. The summed E-state index contributed by atoms with van der Waals surface area (Å²) in [5, 5.41) is 3.37. The highest BCUT2D eigenvalue weighted by atomic mass is 127. The zero-order valence-corrected chi connectivity index (χ0v) is 17.3. The van der Waals surface area contributed by atoms with Gasteiger partial charge in [-0.3, -0.25) is 4.79 Å². The van der Waals surface area contributed by atoms with Crippen LogP contribution in [0.4, 0.5) is 0 Å². The van der Waals surface area contributed by atoms with Crippen molar-refractivity contribution in [2.24, 2.45) is 16.7 Å². The van der Waals surface area contributed by atoms with E-state index in [9.17, 15) is 4.79 Å². The van der Waals surface area contributed by atoms with E-state index in [4.69, 9.17) is 4.74 Å². The number of hydrogen-bond donors (Lipinski definition) is 1. The van der Waals surface area contributed by atoms with Crippen molar-refractivity contribution in [3.05, 3.63) is 0 Å². The molecule has 3 fully saturated rings. The topological polar surface area (TPSA) is 38.3 Å². The maximum Gasteiger partial charge on any atom is 0.225 e. The predicted octanol–water partition coefficient (Wildman–Crippen LogP) is -0.812. The average molecular weight is 436 g/mol. The predicted molar refractivity (Wildman–Crippen MR) is 87.4 cm³/mol. The minimum absolute atomic E-state index is 0. The number of hydrogen-bond acceptors (Lipinski definition) is 2. The molecule has 0 aromatic carbocycles. The lowest BCUT2D eigenvalue weighted by Crippen LogP contribution is -3.00. The second-order valence-corrected chi connectivity index (χ2v) is 9.23. The molecule has 1 N–H and O–H groups in total. The van der Waals surface area contributed by atoms with E-state index in [1.54, 1.807) is 0 Å². The van der Waals surface area contributed by atoms with Crippen LogP contribution in [0.5, 0.6) is 0 Å². The number of nitrogens with one attached hydrogen (secondary N) is 1. The maximum atomic E-state index is 12.4. The summed E-state index contributed by atoms with van der Waals surface area (Å²) in [7, 11) is 2.25. The van der Waals surface area contributed by atoms with Gasteiger partial charge in [0.15, 0.2) is 0 Å². The Morgan fingerprint density at radius 3 is 2.43 bits per heavy atom. The van der Waals surface area contributed by atoms with E-state index in [2.05, 4.69) is 33.1 Å². The Balaban J connectivity index is 0.00000192. The molecule has 3 atom stereocenters. The fourth-order valence-corrected chi connectivity index (χ4v) is 5.21. The lowest BCUT2D eigenvalue weighted by atomic mass is 9.70. The van der Waals surface area contributed by atoms with Gasteiger partial charge in [-0.05, 0) is 36.0 Å². The van der Waals surface area contributed by atoms with Crippen LogP contribution in [-0.4, -0.2) is 56.3 Å². The van der Waals surface area contributed by atoms with E-state index < -0.39 is 0 Å². The van der Waals surface area contributed by atoms with Gasteiger partial charge < -0.3 is 38.5 Å². The van der Waals surface area contributed by atoms with Gasteiger partial charge in [0.1, 0.15) is 13.1 Å². The molecule has 2 aliphatic carbocycles. The first kappa shape index (κ1) is 19.4. The summed E-state index contributed by atoms with van der Waals surface area (Å²) >= 11 is 0. The summed E-state index contributed by atoms with van der Waals surface area (Å²) in [5.74, 6) is 1.04. The summed E-state index contributed by atoms with van der Waals surface area (Å²) in [6.07, 6.45) is 4.36. The van der Waals surface area contributed by atoms with Crippen LogP contribution in [0.25, 0.3) is 0 Å². The van der Waals surface area contributed by atoms with Crippen LogP contribution < -0.4 is 29.3 Å². The second-order valence-electron chi connectivity index (χ2n) is 9.23. The van der Waals surface area contributed by atoms with Gasteiger partial charge in [-0.25, -0.2) is 0 Å². The summed E-state index contributed by atoms with van der Waals surface area (Å²) in [6.45, 7) is 11.8. The third-order valence-corrected chi connectivity index (χ3v) is 6.80. The van der Waals surface area contributed by atoms with Crippen LogP contribution in [0.15, 0.2) is 0 Å². The van der Waals surface area contributed by atoms with Gasteiger partial charge in [0, 0.05) is 6.04 Å². The van der Waals surface area contributed by atoms with Gasteiger partial charge in [0.05, 0.1) is 33.2 Å². The molecule has 0 aromatic rings. The van der Waals surface area contributed by atoms with Crippen molar-refractivity contribution in [1.29, 1.82) is 0 Å². The van der Waals surface area contributed by atoms with Crippen LogP contribution >= 0.6 is 0 Å². The number of amides is 1. The highest BCUT2D eigenvalue weighted by molar-refractivity contribution is 5.76. The van der Waals surface area contributed by atoms with E-state index in [1.165, 1.54) is 19.3 Å². The number of carbonyl (C=O) groups is 1. The number of rotatable bonds is 4. The smallest absolute Gasteiger partial charge is 0.225 e. The van der Waals surface area contributed by atoms with Crippen molar-refractivity contribution in [2.75, 3.05) is 39.9 Å². The fraction of sp³-hybridized carbons (Fsp3) is 0.944. The molecule has 3 unspecified atom stereocenters. The number of morpholine rings is 1. The van der Waals surface area contributed by atoms with E-state index in [-0.39, 0.29) is 29.9 Å². The van der Waals surface area contributed by atoms with E-state index in [0.29, 0.717) is 23.3 Å². The standard InChI is InChI=1S/C18H32N2O2.HI/c1-17(2)13-18(3)12-14(17)11-15(18)19-16(21)5-6-20(4)7-9-22-10-8-20;/h14-15H,5-13H2,1-4H3;1H.